The van der Waals surface area contributed by atoms with Crippen molar-refractivity contribution in [3.05, 3.63) is 29.8 Å². The Bertz CT molecular complexity index is 383. The summed E-state index contributed by atoms with van der Waals surface area (Å²) in [5.74, 6) is 0. The second-order valence-corrected chi connectivity index (χ2v) is 4.88. The molecule has 0 aromatic heterocycles. The monoisotopic (exact) mass is 236 g/mol. The summed E-state index contributed by atoms with van der Waals surface area (Å²) in [5, 5.41) is 2.70. The van der Waals surface area contributed by atoms with Gasteiger partial charge in [0, 0.05) is 12.2 Å². The van der Waals surface area contributed by atoms with Gasteiger partial charge in [0.2, 0.25) is 0 Å². The normalized spacial score (nSPS) is 11.0. The number of carbonyl (C=O) groups is 1. The molecule has 4 nitrogen and oxygen atoms in total. The summed E-state index contributed by atoms with van der Waals surface area (Å²) in [7, 11) is 0. The van der Waals surface area contributed by atoms with E-state index in [1.807, 2.05) is 45.0 Å². The third kappa shape index (κ3) is 5.24. The molecular formula is C13H20N2O2. The number of nitrogens with two attached hydrogens (primary N) is 1. The minimum absolute atomic E-state index is 0.396. The molecule has 0 saturated heterocycles. The number of rotatable bonds is 3. The van der Waals surface area contributed by atoms with Crippen LogP contribution in [0.25, 0.3) is 0 Å². The van der Waals surface area contributed by atoms with Crippen LogP contribution in [0.1, 0.15) is 26.3 Å². The van der Waals surface area contributed by atoms with Crippen LogP contribution in [0, 0.1) is 0 Å². The molecule has 1 rings (SSSR count). The van der Waals surface area contributed by atoms with Gasteiger partial charge in [-0.25, -0.2) is 4.79 Å². The molecule has 1 amide bonds. The van der Waals surface area contributed by atoms with Gasteiger partial charge in [0.05, 0.1) is 0 Å². The summed E-state index contributed by atoms with van der Waals surface area (Å²) in [6, 6.07) is 7.62. The number of nitrogen functional groups attached to an aromatic ring is 1. The van der Waals surface area contributed by atoms with Crippen LogP contribution in [-0.4, -0.2) is 18.2 Å². The molecule has 0 aliphatic carbocycles. The largest absolute Gasteiger partial charge is 0.444 e. The third-order valence-corrected chi connectivity index (χ3v) is 2.12. The van der Waals surface area contributed by atoms with Crippen LogP contribution >= 0.6 is 0 Å². The first-order valence-corrected chi connectivity index (χ1v) is 5.69. The summed E-state index contributed by atoms with van der Waals surface area (Å²) < 4.78 is 5.12. The van der Waals surface area contributed by atoms with Crippen molar-refractivity contribution in [3.63, 3.8) is 0 Å². The Morgan fingerprint density at radius 1 is 1.35 bits per heavy atom. The summed E-state index contributed by atoms with van der Waals surface area (Å²) in [5.41, 5.74) is 7.11. The smallest absolute Gasteiger partial charge is 0.407 e. The van der Waals surface area contributed by atoms with Crippen molar-refractivity contribution in [2.75, 3.05) is 12.3 Å². The van der Waals surface area contributed by atoms with Gasteiger partial charge in [-0.1, -0.05) is 18.2 Å². The number of alkyl carbamates (subject to hydrolysis) is 1. The van der Waals surface area contributed by atoms with E-state index in [1.165, 1.54) is 0 Å². The number of amides is 1. The lowest BCUT2D eigenvalue weighted by molar-refractivity contribution is 0.0528. The topological polar surface area (TPSA) is 64.3 Å². The SMILES string of the molecule is CC(C)(C)OC(=O)NCCc1ccccc1N. The fraction of sp³-hybridized carbons (Fsp3) is 0.462. The molecule has 0 atom stereocenters. The van der Waals surface area contributed by atoms with E-state index in [4.69, 9.17) is 10.5 Å². The zero-order chi connectivity index (χ0) is 12.9. The highest BCUT2D eigenvalue weighted by Gasteiger charge is 2.15. The Morgan fingerprint density at radius 3 is 2.59 bits per heavy atom. The van der Waals surface area contributed by atoms with E-state index in [2.05, 4.69) is 5.32 Å². The molecule has 0 aliphatic rings. The number of nitrogens with one attached hydrogen (secondary N) is 1. The van der Waals surface area contributed by atoms with Crippen molar-refractivity contribution in [2.45, 2.75) is 32.8 Å². The fourth-order valence-corrected chi connectivity index (χ4v) is 1.38. The van der Waals surface area contributed by atoms with Gasteiger partial charge in [-0.15, -0.1) is 0 Å². The minimum Gasteiger partial charge on any atom is -0.444 e. The van der Waals surface area contributed by atoms with E-state index in [-0.39, 0.29) is 0 Å². The maximum absolute atomic E-state index is 11.4. The fourth-order valence-electron chi connectivity index (χ4n) is 1.38. The predicted molar refractivity (Wildman–Crippen MR) is 68.8 cm³/mol. The second-order valence-electron chi connectivity index (χ2n) is 4.88. The van der Waals surface area contributed by atoms with Gasteiger partial charge in [-0.3, -0.25) is 0 Å². The van der Waals surface area contributed by atoms with Crippen molar-refractivity contribution in [1.82, 2.24) is 5.32 Å². The molecule has 1 aromatic carbocycles. The van der Waals surface area contributed by atoms with Crippen LogP contribution < -0.4 is 11.1 Å². The van der Waals surface area contributed by atoms with E-state index >= 15 is 0 Å². The van der Waals surface area contributed by atoms with Crippen LogP contribution in [0.3, 0.4) is 0 Å². The van der Waals surface area contributed by atoms with E-state index in [0.717, 1.165) is 11.3 Å². The molecule has 17 heavy (non-hydrogen) atoms. The van der Waals surface area contributed by atoms with Gasteiger partial charge < -0.3 is 15.8 Å². The van der Waals surface area contributed by atoms with Crippen LogP contribution in [0.5, 0.6) is 0 Å². The van der Waals surface area contributed by atoms with Crippen molar-refractivity contribution in [3.8, 4) is 0 Å². The molecule has 0 saturated carbocycles. The van der Waals surface area contributed by atoms with E-state index in [0.29, 0.717) is 13.0 Å². The molecular weight excluding hydrogens is 216 g/mol. The van der Waals surface area contributed by atoms with E-state index < -0.39 is 11.7 Å². The lowest BCUT2D eigenvalue weighted by Crippen LogP contribution is -2.33. The first-order chi connectivity index (χ1) is 7.88. The molecule has 4 heteroatoms. The van der Waals surface area contributed by atoms with Crippen molar-refractivity contribution >= 4 is 11.8 Å². The molecule has 0 bridgehead atoms. The number of hydrogen-bond donors (Lipinski definition) is 2. The minimum atomic E-state index is -0.462. The van der Waals surface area contributed by atoms with Gasteiger partial charge >= 0.3 is 6.09 Å². The first-order valence-electron chi connectivity index (χ1n) is 5.69. The number of hydrogen-bond acceptors (Lipinski definition) is 3. The maximum Gasteiger partial charge on any atom is 0.407 e. The first kappa shape index (κ1) is 13.4. The van der Waals surface area contributed by atoms with Gasteiger partial charge in [0.1, 0.15) is 5.60 Å². The third-order valence-electron chi connectivity index (χ3n) is 2.12. The second kappa shape index (κ2) is 5.57. The van der Waals surface area contributed by atoms with Crippen LogP contribution in [0.2, 0.25) is 0 Å². The number of carbonyl (C=O) groups excluding carboxylic acids is 1. The van der Waals surface area contributed by atoms with Crippen LogP contribution in [-0.2, 0) is 11.2 Å². The van der Waals surface area contributed by atoms with Crippen molar-refractivity contribution in [2.24, 2.45) is 0 Å². The lowest BCUT2D eigenvalue weighted by Gasteiger charge is -2.19. The summed E-state index contributed by atoms with van der Waals surface area (Å²) in [6.07, 6.45) is 0.304. The highest BCUT2D eigenvalue weighted by molar-refractivity contribution is 5.67. The molecule has 3 N–H and O–H groups in total. The Kier molecular flexibility index (Phi) is 4.37. The lowest BCUT2D eigenvalue weighted by atomic mass is 10.1. The Morgan fingerprint density at radius 2 is 2.00 bits per heavy atom. The Balaban J connectivity index is 2.34. The maximum atomic E-state index is 11.4. The molecule has 0 heterocycles. The number of anilines is 1. The van der Waals surface area contributed by atoms with Gasteiger partial charge in [0.15, 0.2) is 0 Å². The molecule has 0 aliphatic heterocycles. The molecule has 0 unspecified atom stereocenters. The summed E-state index contributed by atoms with van der Waals surface area (Å²) in [4.78, 5) is 11.4. The number of ether oxygens (including phenoxy) is 1. The number of benzene rings is 1. The average molecular weight is 236 g/mol. The van der Waals surface area contributed by atoms with Crippen molar-refractivity contribution < 1.29 is 9.53 Å². The quantitative estimate of drug-likeness (QED) is 0.792. The highest BCUT2D eigenvalue weighted by atomic mass is 16.6. The zero-order valence-electron chi connectivity index (χ0n) is 10.6. The van der Waals surface area contributed by atoms with E-state index in [9.17, 15) is 4.79 Å². The molecule has 1 aromatic rings. The van der Waals surface area contributed by atoms with Gasteiger partial charge in [0.25, 0.3) is 0 Å². The van der Waals surface area contributed by atoms with Crippen LogP contribution in [0.4, 0.5) is 10.5 Å². The average Bonchev–Trinajstić information content (AvgIpc) is 2.18. The standard InChI is InChI=1S/C13H20N2O2/c1-13(2,3)17-12(16)15-9-8-10-6-4-5-7-11(10)14/h4-7H,8-9,14H2,1-3H3,(H,15,16). The molecule has 0 radical (unpaired) electrons. The molecule has 0 spiro atoms. The number of para-hydroxylation sites is 1. The summed E-state index contributed by atoms with van der Waals surface area (Å²) >= 11 is 0. The predicted octanol–water partition coefficient (Wildman–Crippen LogP) is 2.34. The van der Waals surface area contributed by atoms with E-state index in [1.54, 1.807) is 0 Å². The Hall–Kier alpha value is -1.71. The van der Waals surface area contributed by atoms with Gasteiger partial charge in [-0.2, -0.15) is 0 Å². The summed E-state index contributed by atoms with van der Waals surface area (Å²) in [6.45, 7) is 6.02. The van der Waals surface area contributed by atoms with Gasteiger partial charge in [-0.05, 0) is 38.8 Å². The highest BCUT2D eigenvalue weighted by Crippen LogP contribution is 2.10. The van der Waals surface area contributed by atoms with Crippen molar-refractivity contribution in [1.29, 1.82) is 0 Å². The Labute approximate surface area is 102 Å². The van der Waals surface area contributed by atoms with Crippen LogP contribution in [0.15, 0.2) is 24.3 Å². The molecule has 94 valence electrons. The zero-order valence-corrected chi connectivity index (χ0v) is 10.6. The molecule has 0 fully saturated rings.